The van der Waals surface area contributed by atoms with E-state index in [0.717, 1.165) is 0 Å². The molecule has 0 heterocycles. The summed E-state index contributed by atoms with van der Waals surface area (Å²) in [6.45, 7) is 7.13. The Balaban J connectivity index is 2.87. The second kappa shape index (κ2) is 6.16. The highest BCUT2D eigenvalue weighted by Crippen LogP contribution is 2.15. The van der Waals surface area contributed by atoms with Gasteiger partial charge in [0.15, 0.2) is 0 Å². The quantitative estimate of drug-likeness (QED) is 0.868. The van der Waals surface area contributed by atoms with Crippen LogP contribution in [0.1, 0.15) is 27.7 Å². The maximum absolute atomic E-state index is 12.1. The Morgan fingerprint density at radius 1 is 1.11 bits per heavy atom. The van der Waals surface area contributed by atoms with Gasteiger partial charge in [-0.1, -0.05) is 13.8 Å². The highest BCUT2D eigenvalue weighted by molar-refractivity contribution is 7.89. The van der Waals surface area contributed by atoms with Gasteiger partial charge in [0, 0.05) is 18.7 Å². The number of carbonyl (C=O) groups is 1. The number of hydrogen-bond acceptors (Lipinski definition) is 3. The minimum absolute atomic E-state index is 0.139. The molecule has 0 bridgehead atoms. The fourth-order valence-corrected chi connectivity index (χ4v) is 2.76. The largest absolute Gasteiger partial charge is 0.326 e. The van der Waals surface area contributed by atoms with Gasteiger partial charge in [0.05, 0.1) is 4.90 Å². The van der Waals surface area contributed by atoms with Crippen molar-refractivity contribution in [1.82, 2.24) is 4.72 Å². The molecule has 0 aliphatic rings. The standard InChI is InChI=1S/C13H20N2O3S/c1-9(2)10(3)15-19(17,18)13-7-5-12(6-8-13)14-11(4)16/h5-10,15H,1-4H3,(H,14,16)/t10-/m1/s1. The first kappa shape index (κ1) is 15.7. The van der Waals surface area contributed by atoms with E-state index >= 15 is 0 Å². The van der Waals surface area contributed by atoms with E-state index < -0.39 is 10.0 Å². The van der Waals surface area contributed by atoms with Crippen molar-refractivity contribution in [3.05, 3.63) is 24.3 Å². The molecule has 1 aromatic rings. The van der Waals surface area contributed by atoms with Crippen LogP contribution in [0.15, 0.2) is 29.2 Å². The van der Waals surface area contributed by atoms with Gasteiger partial charge in [-0.25, -0.2) is 13.1 Å². The molecule has 1 aromatic carbocycles. The van der Waals surface area contributed by atoms with Gasteiger partial charge in [-0.2, -0.15) is 0 Å². The Morgan fingerprint density at radius 3 is 2.05 bits per heavy atom. The summed E-state index contributed by atoms with van der Waals surface area (Å²) in [4.78, 5) is 11.1. The van der Waals surface area contributed by atoms with E-state index in [0.29, 0.717) is 5.69 Å². The van der Waals surface area contributed by atoms with Crippen LogP contribution in [0.2, 0.25) is 0 Å². The second-order valence-electron chi connectivity index (χ2n) is 4.86. The zero-order valence-electron chi connectivity index (χ0n) is 11.6. The average Bonchev–Trinajstić information content (AvgIpc) is 2.28. The number of nitrogens with one attached hydrogen (secondary N) is 2. The van der Waals surface area contributed by atoms with Crippen LogP contribution in [0.25, 0.3) is 0 Å². The van der Waals surface area contributed by atoms with Gasteiger partial charge in [-0.05, 0) is 37.1 Å². The third-order valence-electron chi connectivity index (χ3n) is 2.83. The van der Waals surface area contributed by atoms with Crippen LogP contribution in [-0.4, -0.2) is 20.4 Å². The predicted molar refractivity (Wildman–Crippen MR) is 75.4 cm³/mol. The average molecular weight is 284 g/mol. The van der Waals surface area contributed by atoms with E-state index in [1.807, 2.05) is 20.8 Å². The van der Waals surface area contributed by atoms with Crippen molar-refractivity contribution in [2.45, 2.75) is 38.6 Å². The molecule has 1 amide bonds. The van der Waals surface area contributed by atoms with Crippen molar-refractivity contribution >= 4 is 21.6 Å². The van der Waals surface area contributed by atoms with Gasteiger partial charge in [-0.15, -0.1) is 0 Å². The first-order valence-corrected chi connectivity index (χ1v) is 7.60. The molecule has 0 radical (unpaired) electrons. The molecular weight excluding hydrogens is 264 g/mol. The van der Waals surface area contributed by atoms with Crippen LogP contribution < -0.4 is 10.0 Å². The Bertz CT molecular complexity index is 536. The number of benzene rings is 1. The summed E-state index contributed by atoms with van der Waals surface area (Å²) in [5.41, 5.74) is 0.573. The number of rotatable bonds is 5. The van der Waals surface area contributed by atoms with Gasteiger partial charge >= 0.3 is 0 Å². The molecule has 2 N–H and O–H groups in total. The lowest BCUT2D eigenvalue weighted by Crippen LogP contribution is -2.36. The minimum atomic E-state index is -3.51. The Labute approximate surface area is 114 Å². The van der Waals surface area contributed by atoms with Crippen LogP contribution in [-0.2, 0) is 14.8 Å². The first-order valence-electron chi connectivity index (χ1n) is 6.12. The van der Waals surface area contributed by atoms with E-state index in [2.05, 4.69) is 10.0 Å². The first-order chi connectivity index (χ1) is 8.72. The number of hydrogen-bond donors (Lipinski definition) is 2. The molecule has 0 aromatic heterocycles. The van der Waals surface area contributed by atoms with Crippen molar-refractivity contribution in [1.29, 1.82) is 0 Å². The molecule has 0 saturated carbocycles. The van der Waals surface area contributed by atoms with Crippen molar-refractivity contribution in [2.24, 2.45) is 5.92 Å². The van der Waals surface area contributed by atoms with Crippen LogP contribution in [0.3, 0.4) is 0 Å². The fourth-order valence-electron chi connectivity index (χ4n) is 1.37. The Hall–Kier alpha value is -1.40. The summed E-state index contributed by atoms with van der Waals surface area (Å²) in [6, 6.07) is 5.94. The highest BCUT2D eigenvalue weighted by atomic mass is 32.2. The topological polar surface area (TPSA) is 75.3 Å². The van der Waals surface area contributed by atoms with Crippen molar-refractivity contribution < 1.29 is 13.2 Å². The number of anilines is 1. The molecule has 6 heteroatoms. The van der Waals surface area contributed by atoms with E-state index in [4.69, 9.17) is 0 Å². The van der Waals surface area contributed by atoms with Crippen LogP contribution in [0, 0.1) is 5.92 Å². The third-order valence-corrected chi connectivity index (χ3v) is 4.40. The van der Waals surface area contributed by atoms with Gasteiger partial charge in [-0.3, -0.25) is 4.79 Å². The van der Waals surface area contributed by atoms with Gasteiger partial charge in [0.25, 0.3) is 0 Å². The lowest BCUT2D eigenvalue weighted by atomic mass is 10.1. The van der Waals surface area contributed by atoms with Crippen LogP contribution in [0.5, 0.6) is 0 Å². The van der Waals surface area contributed by atoms with E-state index in [1.165, 1.54) is 19.1 Å². The molecule has 1 atom stereocenters. The van der Waals surface area contributed by atoms with Crippen LogP contribution in [0.4, 0.5) is 5.69 Å². The maximum Gasteiger partial charge on any atom is 0.240 e. The molecule has 0 aliphatic carbocycles. The summed E-state index contributed by atoms with van der Waals surface area (Å²) < 4.78 is 26.8. The fraction of sp³-hybridized carbons (Fsp3) is 0.462. The Kier molecular flexibility index (Phi) is 5.08. The number of sulfonamides is 1. The molecule has 0 fully saturated rings. The molecular formula is C13H20N2O3S. The molecule has 1 rings (SSSR count). The molecule has 0 saturated heterocycles. The monoisotopic (exact) mass is 284 g/mol. The number of carbonyl (C=O) groups excluding carboxylic acids is 1. The van der Waals surface area contributed by atoms with E-state index in [9.17, 15) is 13.2 Å². The lowest BCUT2D eigenvalue weighted by molar-refractivity contribution is -0.114. The molecule has 0 spiro atoms. The molecule has 19 heavy (non-hydrogen) atoms. The smallest absolute Gasteiger partial charge is 0.240 e. The summed E-state index contributed by atoms with van der Waals surface area (Å²) in [7, 11) is -3.51. The third kappa shape index (κ3) is 4.65. The highest BCUT2D eigenvalue weighted by Gasteiger charge is 2.18. The van der Waals surface area contributed by atoms with Gasteiger partial charge in [0.1, 0.15) is 0 Å². The zero-order valence-corrected chi connectivity index (χ0v) is 12.4. The van der Waals surface area contributed by atoms with Crippen molar-refractivity contribution in [2.75, 3.05) is 5.32 Å². The summed E-state index contributed by atoms with van der Waals surface area (Å²) in [5.74, 6) is 0.0237. The summed E-state index contributed by atoms with van der Waals surface area (Å²) in [6.07, 6.45) is 0. The lowest BCUT2D eigenvalue weighted by Gasteiger charge is -2.17. The predicted octanol–water partition coefficient (Wildman–Crippen LogP) is 1.97. The van der Waals surface area contributed by atoms with E-state index in [1.54, 1.807) is 12.1 Å². The molecule has 0 unspecified atom stereocenters. The van der Waals surface area contributed by atoms with Crippen molar-refractivity contribution in [3.63, 3.8) is 0 Å². The molecule has 5 nitrogen and oxygen atoms in total. The van der Waals surface area contributed by atoms with Crippen LogP contribution >= 0.6 is 0 Å². The SMILES string of the molecule is CC(=O)Nc1ccc(S(=O)(=O)N[C@H](C)C(C)C)cc1. The van der Waals surface area contributed by atoms with E-state index in [-0.39, 0.29) is 22.8 Å². The van der Waals surface area contributed by atoms with Gasteiger partial charge in [0.2, 0.25) is 15.9 Å². The Morgan fingerprint density at radius 2 is 1.63 bits per heavy atom. The van der Waals surface area contributed by atoms with Crippen molar-refractivity contribution in [3.8, 4) is 0 Å². The summed E-state index contributed by atoms with van der Waals surface area (Å²) >= 11 is 0. The second-order valence-corrected chi connectivity index (χ2v) is 6.57. The summed E-state index contributed by atoms with van der Waals surface area (Å²) in [5, 5.41) is 2.59. The minimum Gasteiger partial charge on any atom is -0.326 e. The maximum atomic E-state index is 12.1. The zero-order chi connectivity index (χ0) is 14.6. The van der Waals surface area contributed by atoms with Gasteiger partial charge < -0.3 is 5.32 Å². The normalized spacial score (nSPS) is 13.3. The molecule has 0 aliphatic heterocycles. The number of amides is 1. The molecule has 106 valence electrons.